The first-order chi connectivity index (χ1) is 9.69. The van der Waals surface area contributed by atoms with Crippen molar-refractivity contribution in [1.29, 1.82) is 0 Å². The van der Waals surface area contributed by atoms with Crippen LogP contribution in [0.3, 0.4) is 0 Å². The molecule has 1 aromatic rings. The van der Waals surface area contributed by atoms with Crippen LogP contribution < -0.4 is 5.32 Å². The van der Waals surface area contributed by atoms with Crippen molar-refractivity contribution >= 4 is 5.97 Å². The van der Waals surface area contributed by atoms with E-state index in [4.69, 9.17) is 4.42 Å². The van der Waals surface area contributed by atoms with E-state index in [0.29, 0.717) is 18.0 Å². The van der Waals surface area contributed by atoms with Gasteiger partial charge in [-0.25, -0.2) is 4.79 Å². The minimum absolute atomic E-state index is 0.359. The van der Waals surface area contributed by atoms with Crippen LogP contribution in [0.2, 0.25) is 0 Å². The summed E-state index contributed by atoms with van der Waals surface area (Å²) in [4.78, 5) is 13.8. The molecule has 0 aromatic carbocycles. The molecule has 1 aliphatic rings. The maximum absolute atomic E-state index is 11.3. The molecule has 1 fully saturated rings. The third kappa shape index (κ3) is 4.35. The molecule has 0 spiro atoms. The normalized spacial score (nSPS) is 17.3. The van der Waals surface area contributed by atoms with Crippen molar-refractivity contribution in [3.05, 3.63) is 23.7 Å². The van der Waals surface area contributed by atoms with Crippen molar-refractivity contribution in [2.45, 2.75) is 26.3 Å². The van der Waals surface area contributed by atoms with E-state index in [0.717, 1.165) is 18.8 Å². The zero-order valence-corrected chi connectivity index (χ0v) is 12.4. The Morgan fingerprint density at radius 3 is 2.95 bits per heavy atom. The molecule has 5 heteroatoms. The van der Waals surface area contributed by atoms with Crippen LogP contribution in [0.25, 0.3) is 0 Å². The van der Waals surface area contributed by atoms with Gasteiger partial charge in [0.1, 0.15) is 12.0 Å². The number of methoxy groups -OCH3 is 1. The summed E-state index contributed by atoms with van der Waals surface area (Å²) in [6.07, 6.45) is 4.11. The van der Waals surface area contributed by atoms with Crippen LogP contribution in [0.15, 0.2) is 16.7 Å². The van der Waals surface area contributed by atoms with Gasteiger partial charge in [0.25, 0.3) is 0 Å². The molecule has 0 radical (unpaired) electrons. The summed E-state index contributed by atoms with van der Waals surface area (Å²) in [6.45, 7) is 7.48. The summed E-state index contributed by atoms with van der Waals surface area (Å²) in [5.41, 5.74) is 0.467. The number of carbonyl (C=O) groups excluding carboxylic acids is 1. The molecular weight excluding hydrogens is 256 g/mol. The maximum Gasteiger partial charge on any atom is 0.341 e. The van der Waals surface area contributed by atoms with Gasteiger partial charge < -0.3 is 19.4 Å². The summed E-state index contributed by atoms with van der Waals surface area (Å²) < 4.78 is 9.97. The number of furan rings is 1. The van der Waals surface area contributed by atoms with Gasteiger partial charge in [-0.1, -0.05) is 6.92 Å². The number of likely N-dealkylation sites (tertiary alicyclic amines) is 1. The van der Waals surface area contributed by atoms with Gasteiger partial charge in [-0.2, -0.15) is 0 Å². The van der Waals surface area contributed by atoms with Crippen LogP contribution >= 0.6 is 0 Å². The van der Waals surface area contributed by atoms with Crippen molar-refractivity contribution in [2.75, 3.05) is 33.3 Å². The van der Waals surface area contributed by atoms with Crippen molar-refractivity contribution in [1.82, 2.24) is 10.2 Å². The first-order valence-electron chi connectivity index (χ1n) is 7.28. The molecule has 1 atom stereocenters. The number of ether oxygens (including phenoxy) is 1. The van der Waals surface area contributed by atoms with Gasteiger partial charge in [0.2, 0.25) is 0 Å². The Labute approximate surface area is 120 Å². The smallest absolute Gasteiger partial charge is 0.341 e. The first-order valence-corrected chi connectivity index (χ1v) is 7.28. The average Bonchev–Trinajstić information content (AvgIpc) is 3.09. The molecule has 0 amide bonds. The van der Waals surface area contributed by atoms with Gasteiger partial charge in [0.05, 0.1) is 19.2 Å². The van der Waals surface area contributed by atoms with E-state index in [-0.39, 0.29) is 5.97 Å². The van der Waals surface area contributed by atoms with E-state index in [1.165, 1.54) is 39.3 Å². The van der Waals surface area contributed by atoms with E-state index in [1.807, 2.05) is 0 Å². The van der Waals surface area contributed by atoms with Crippen molar-refractivity contribution < 1.29 is 13.9 Å². The van der Waals surface area contributed by atoms with Crippen LogP contribution in [0.4, 0.5) is 0 Å². The maximum atomic E-state index is 11.3. The first kappa shape index (κ1) is 15.1. The van der Waals surface area contributed by atoms with E-state index in [1.54, 1.807) is 6.07 Å². The number of hydrogen-bond acceptors (Lipinski definition) is 5. The van der Waals surface area contributed by atoms with Crippen molar-refractivity contribution in [2.24, 2.45) is 5.92 Å². The molecular formula is C15H24N2O3. The average molecular weight is 280 g/mol. The summed E-state index contributed by atoms with van der Waals surface area (Å²) in [7, 11) is 1.37. The van der Waals surface area contributed by atoms with Crippen molar-refractivity contribution in [3.63, 3.8) is 0 Å². The molecule has 5 nitrogen and oxygen atoms in total. The highest BCUT2D eigenvalue weighted by Crippen LogP contribution is 2.11. The number of carbonyl (C=O) groups is 1. The van der Waals surface area contributed by atoms with E-state index < -0.39 is 0 Å². The Bertz CT molecular complexity index is 425. The van der Waals surface area contributed by atoms with E-state index >= 15 is 0 Å². The fraction of sp³-hybridized carbons (Fsp3) is 0.667. The Balaban J connectivity index is 1.67. The Hall–Kier alpha value is -1.33. The Kier molecular flexibility index (Phi) is 5.61. The number of esters is 1. The van der Waals surface area contributed by atoms with E-state index in [2.05, 4.69) is 21.9 Å². The summed E-state index contributed by atoms with van der Waals surface area (Å²) in [6, 6.07) is 1.73. The topological polar surface area (TPSA) is 54.7 Å². The fourth-order valence-corrected chi connectivity index (χ4v) is 2.61. The zero-order chi connectivity index (χ0) is 14.4. The standard InChI is InChI=1S/C15H24N2O3/c1-12(10-17-5-3-4-6-17)8-16-9-14-7-13(11-20-14)15(18)19-2/h7,11-12,16H,3-6,8-10H2,1-2H3. The van der Waals surface area contributed by atoms with Crippen LogP contribution in [0.5, 0.6) is 0 Å². The molecule has 1 N–H and O–H groups in total. The highest BCUT2D eigenvalue weighted by atomic mass is 16.5. The molecule has 1 unspecified atom stereocenters. The Morgan fingerprint density at radius 1 is 1.50 bits per heavy atom. The molecule has 1 aromatic heterocycles. The predicted octanol–water partition coefficient (Wildman–Crippen LogP) is 1.89. The predicted molar refractivity (Wildman–Crippen MR) is 76.6 cm³/mol. The third-order valence-electron chi connectivity index (χ3n) is 3.64. The van der Waals surface area contributed by atoms with Crippen molar-refractivity contribution in [3.8, 4) is 0 Å². The molecule has 20 heavy (non-hydrogen) atoms. The molecule has 112 valence electrons. The van der Waals surface area contributed by atoms with Crippen LogP contribution in [-0.4, -0.2) is 44.2 Å². The second kappa shape index (κ2) is 7.45. The number of hydrogen-bond donors (Lipinski definition) is 1. The lowest BCUT2D eigenvalue weighted by Gasteiger charge is -2.20. The van der Waals surface area contributed by atoms with E-state index in [9.17, 15) is 4.79 Å². The molecule has 2 rings (SSSR count). The second-order valence-electron chi connectivity index (χ2n) is 5.54. The number of nitrogens with one attached hydrogen (secondary N) is 1. The quantitative estimate of drug-likeness (QED) is 0.773. The lowest BCUT2D eigenvalue weighted by atomic mass is 10.1. The van der Waals surface area contributed by atoms with Crippen LogP contribution in [0.1, 0.15) is 35.9 Å². The highest BCUT2D eigenvalue weighted by Gasteiger charge is 2.14. The van der Waals surface area contributed by atoms with Gasteiger partial charge in [0.15, 0.2) is 0 Å². The number of nitrogens with zero attached hydrogens (tertiary/aromatic N) is 1. The van der Waals surface area contributed by atoms with Gasteiger partial charge in [0, 0.05) is 6.54 Å². The van der Waals surface area contributed by atoms with Gasteiger partial charge in [-0.3, -0.25) is 0 Å². The monoisotopic (exact) mass is 280 g/mol. The largest absolute Gasteiger partial charge is 0.467 e. The van der Waals surface area contributed by atoms with Gasteiger partial charge in [-0.15, -0.1) is 0 Å². The lowest BCUT2D eigenvalue weighted by molar-refractivity contribution is 0.0600. The molecule has 1 aliphatic heterocycles. The minimum atomic E-state index is -0.359. The van der Waals surface area contributed by atoms with Gasteiger partial charge in [-0.05, 0) is 44.5 Å². The summed E-state index contributed by atoms with van der Waals surface area (Å²) in [5, 5.41) is 3.37. The van der Waals surface area contributed by atoms with Crippen LogP contribution in [-0.2, 0) is 11.3 Å². The summed E-state index contributed by atoms with van der Waals surface area (Å²) >= 11 is 0. The highest BCUT2D eigenvalue weighted by molar-refractivity contribution is 5.88. The third-order valence-corrected chi connectivity index (χ3v) is 3.64. The second-order valence-corrected chi connectivity index (χ2v) is 5.54. The number of rotatable bonds is 7. The zero-order valence-electron chi connectivity index (χ0n) is 12.4. The molecule has 0 saturated carbocycles. The molecule has 0 bridgehead atoms. The summed E-state index contributed by atoms with van der Waals surface area (Å²) in [5.74, 6) is 1.02. The van der Waals surface area contributed by atoms with Crippen LogP contribution in [0, 0.1) is 5.92 Å². The molecule has 1 saturated heterocycles. The minimum Gasteiger partial charge on any atom is -0.467 e. The molecule has 2 heterocycles. The Morgan fingerprint density at radius 2 is 2.25 bits per heavy atom. The van der Waals surface area contributed by atoms with Gasteiger partial charge >= 0.3 is 5.97 Å². The molecule has 0 aliphatic carbocycles. The lowest BCUT2D eigenvalue weighted by Crippen LogP contribution is -2.31. The SMILES string of the molecule is COC(=O)c1coc(CNCC(C)CN2CCCC2)c1. The fourth-order valence-electron chi connectivity index (χ4n) is 2.61.